The lowest BCUT2D eigenvalue weighted by molar-refractivity contribution is -0.136. The third kappa shape index (κ3) is 4.56. The number of carbonyl (C=O) groups is 2. The lowest BCUT2D eigenvalue weighted by Crippen LogP contribution is -2.36. The first-order valence-electron chi connectivity index (χ1n) is 9.28. The van der Waals surface area contributed by atoms with Gasteiger partial charge in [0, 0.05) is 12.2 Å². The van der Waals surface area contributed by atoms with Crippen molar-refractivity contribution in [1.82, 2.24) is 5.32 Å². The Morgan fingerprint density at radius 3 is 2.54 bits per heavy atom. The Hall–Kier alpha value is -3.18. The number of fused-ring (bicyclic) bond motifs is 1. The van der Waals surface area contributed by atoms with Gasteiger partial charge in [-0.05, 0) is 53.8 Å². The van der Waals surface area contributed by atoms with Crippen molar-refractivity contribution in [1.29, 1.82) is 0 Å². The molecule has 3 aromatic rings. The van der Waals surface area contributed by atoms with Crippen LogP contribution in [0.15, 0.2) is 60.7 Å². The monoisotopic (exact) mass is 376 g/mol. The van der Waals surface area contributed by atoms with Crippen LogP contribution in [-0.2, 0) is 9.59 Å². The summed E-state index contributed by atoms with van der Waals surface area (Å²) in [6.07, 6.45) is -0.412. The molecule has 3 N–H and O–H groups in total. The van der Waals surface area contributed by atoms with E-state index in [1.807, 2.05) is 74.5 Å². The maximum absolute atomic E-state index is 12.1. The largest absolute Gasteiger partial charge is 0.388 e. The third-order valence-corrected chi connectivity index (χ3v) is 4.73. The van der Waals surface area contributed by atoms with E-state index < -0.39 is 17.9 Å². The van der Waals surface area contributed by atoms with Gasteiger partial charge < -0.3 is 15.7 Å². The average Bonchev–Trinajstić information content (AvgIpc) is 2.70. The van der Waals surface area contributed by atoms with Crippen molar-refractivity contribution in [2.75, 3.05) is 11.9 Å². The van der Waals surface area contributed by atoms with Crippen LogP contribution in [0.2, 0.25) is 0 Å². The highest BCUT2D eigenvalue weighted by Crippen LogP contribution is 2.25. The molecular formula is C23H24N2O3. The molecule has 5 nitrogen and oxygen atoms in total. The number of aliphatic hydroxyl groups is 1. The number of carbonyl (C=O) groups excluding carboxylic acids is 2. The van der Waals surface area contributed by atoms with Gasteiger partial charge in [-0.15, -0.1) is 0 Å². The number of aryl methyl sites for hydroxylation is 2. The van der Waals surface area contributed by atoms with Gasteiger partial charge in [-0.25, -0.2) is 0 Å². The number of rotatable bonds is 5. The van der Waals surface area contributed by atoms with Crippen molar-refractivity contribution >= 4 is 28.3 Å². The second-order valence-corrected chi connectivity index (χ2v) is 6.90. The van der Waals surface area contributed by atoms with E-state index in [1.165, 1.54) is 0 Å². The molecule has 0 aliphatic heterocycles. The molecule has 0 aliphatic rings. The van der Waals surface area contributed by atoms with E-state index in [0.29, 0.717) is 12.1 Å². The van der Waals surface area contributed by atoms with Crippen LogP contribution >= 0.6 is 0 Å². The zero-order chi connectivity index (χ0) is 20.1. The number of benzene rings is 3. The summed E-state index contributed by atoms with van der Waals surface area (Å²) in [6.45, 7) is 3.99. The Morgan fingerprint density at radius 2 is 1.71 bits per heavy atom. The number of amides is 2. The molecule has 0 bridgehead atoms. The minimum absolute atomic E-state index is 0.198. The predicted octanol–water partition coefficient (Wildman–Crippen LogP) is 3.64. The van der Waals surface area contributed by atoms with Gasteiger partial charge in [0.2, 0.25) is 0 Å². The van der Waals surface area contributed by atoms with Crippen molar-refractivity contribution in [2.24, 2.45) is 0 Å². The summed E-state index contributed by atoms with van der Waals surface area (Å²) in [5.74, 6) is -1.43. The molecule has 0 saturated carbocycles. The van der Waals surface area contributed by atoms with Gasteiger partial charge in [0.1, 0.15) is 0 Å². The molecule has 5 heteroatoms. The summed E-state index contributed by atoms with van der Waals surface area (Å²) in [7, 11) is 0. The van der Waals surface area contributed by atoms with E-state index >= 15 is 0 Å². The smallest absolute Gasteiger partial charge is 0.313 e. The van der Waals surface area contributed by atoms with Crippen molar-refractivity contribution < 1.29 is 14.7 Å². The summed E-state index contributed by atoms with van der Waals surface area (Å²) in [5, 5.41) is 17.8. The van der Waals surface area contributed by atoms with Gasteiger partial charge in [-0.2, -0.15) is 0 Å². The summed E-state index contributed by atoms with van der Waals surface area (Å²) in [5.41, 5.74) is 3.32. The van der Waals surface area contributed by atoms with Crippen LogP contribution in [0.3, 0.4) is 0 Å². The summed E-state index contributed by atoms with van der Waals surface area (Å²) in [6, 6.07) is 19.3. The Labute approximate surface area is 164 Å². The first-order chi connectivity index (χ1) is 13.5. The van der Waals surface area contributed by atoms with Crippen molar-refractivity contribution in [2.45, 2.75) is 26.4 Å². The van der Waals surface area contributed by atoms with Crippen LogP contribution in [0.4, 0.5) is 5.69 Å². The van der Waals surface area contributed by atoms with Crippen molar-refractivity contribution in [3.8, 4) is 0 Å². The fraction of sp³-hybridized carbons (Fsp3) is 0.217. The molecule has 0 spiro atoms. The Kier molecular flexibility index (Phi) is 6.06. The van der Waals surface area contributed by atoms with Crippen LogP contribution < -0.4 is 10.6 Å². The quantitative estimate of drug-likeness (QED) is 0.595. The molecule has 144 valence electrons. The summed E-state index contributed by atoms with van der Waals surface area (Å²) < 4.78 is 0. The third-order valence-electron chi connectivity index (χ3n) is 4.73. The minimum atomic E-state index is -0.728. The number of hydrogen-bond donors (Lipinski definition) is 3. The molecule has 3 rings (SSSR count). The summed E-state index contributed by atoms with van der Waals surface area (Å²) >= 11 is 0. The van der Waals surface area contributed by atoms with Crippen LogP contribution in [0.25, 0.3) is 10.8 Å². The van der Waals surface area contributed by atoms with E-state index in [1.54, 1.807) is 0 Å². The highest BCUT2D eigenvalue weighted by Gasteiger charge is 2.16. The lowest BCUT2D eigenvalue weighted by Gasteiger charge is -2.14. The Morgan fingerprint density at radius 1 is 0.964 bits per heavy atom. The molecule has 0 fully saturated rings. The molecule has 0 saturated heterocycles. The van der Waals surface area contributed by atoms with E-state index in [-0.39, 0.29) is 6.54 Å². The Balaban J connectivity index is 1.56. The number of anilines is 1. The van der Waals surface area contributed by atoms with Crippen molar-refractivity contribution in [3.63, 3.8) is 0 Å². The van der Waals surface area contributed by atoms with Crippen LogP contribution in [0, 0.1) is 13.8 Å². The molecule has 0 aliphatic carbocycles. The number of aliphatic hydroxyl groups excluding tert-OH is 1. The molecule has 28 heavy (non-hydrogen) atoms. The highest BCUT2D eigenvalue weighted by molar-refractivity contribution is 6.39. The first-order valence-corrected chi connectivity index (χ1v) is 9.28. The highest BCUT2D eigenvalue weighted by atomic mass is 16.3. The van der Waals surface area contributed by atoms with E-state index in [9.17, 15) is 14.7 Å². The van der Waals surface area contributed by atoms with Gasteiger partial charge in [-0.3, -0.25) is 9.59 Å². The fourth-order valence-electron chi connectivity index (χ4n) is 3.15. The first kappa shape index (κ1) is 19.6. The van der Waals surface area contributed by atoms with Crippen molar-refractivity contribution in [3.05, 3.63) is 77.4 Å². The normalized spacial score (nSPS) is 11.8. The second-order valence-electron chi connectivity index (χ2n) is 6.90. The molecular weight excluding hydrogens is 352 g/mol. The summed E-state index contributed by atoms with van der Waals surface area (Å²) in [4.78, 5) is 24.2. The topological polar surface area (TPSA) is 78.4 Å². The fourth-order valence-corrected chi connectivity index (χ4v) is 3.15. The molecule has 0 aromatic heterocycles. The van der Waals surface area contributed by atoms with E-state index in [4.69, 9.17) is 0 Å². The van der Waals surface area contributed by atoms with E-state index in [2.05, 4.69) is 10.6 Å². The van der Waals surface area contributed by atoms with Gasteiger partial charge >= 0.3 is 11.8 Å². The maximum Gasteiger partial charge on any atom is 0.313 e. The van der Waals surface area contributed by atoms with Crippen LogP contribution in [0.5, 0.6) is 0 Å². The molecule has 0 heterocycles. The molecule has 1 atom stereocenters. The zero-order valence-electron chi connectivity index (χ0n) is 16.0. The average molecular weight is 376 g/mol. The van der Waals surface area contributed by atoms with E-state index in [0.717, 1.165) is 27.5 Å². The molecule has 0 radical (unpaired) electrons. The maximum atomic E-state index is 12.1. The van der Waals surface area contributed by atoms with Crippen LogP contribution in [0.1, 0.15) is 29.2 Å². The standard InChI is InChI=1S/C23H24N2O3/c1-15-10-11-16(2)20(14-15)25-23(28)22(27)24-13-12-21(26)19-9-5-7-17-6-3-4-8-18(17)19/h3-11,14,21,26H,12-13H2,1-2H3,(H,24,27)(H,25,28). The molecule has 3 aromatic carbocycles. The van der Waals surface area contributed by atoms with Crippen LogP contribution in [-0.4, -0.2) is 23.5 Å². The minimum Gasteiger partial charge on any atom is -0.388 e. The number of nitrogens with one attached hydrogen (secondary N) is 2. The Bertz CT molecular complexity index is 1010. The molecule has 1 unspecified atom stereocenters. The van der Waals surface area contributed by atoms with Gasteiger partial charge in [0.05, 0.1) is 6.10 Å². The second kappa shape index (κ2) is 8.67. The predicted molar refractivity (Wildman–Crippen MR) is 111 cm³/mol. The van der Waals surface area contributed by atoms with Gasteiger partial charge in [0.15, 0.2) is 0 Å². The lowest BCUT2D eigenvalue weighted by atomic mass is 9.99. The SMILES string of the molecule is Cc1ccc(C)c(NC(=O)C(=O)NCCC(O)c2cccc3ccccc23)c1. The van der Waals surface area contributed by atoms with Gasteiger partial charge in [-0.1, -0.05) is 54.6 Å². The van der Waals surface area contributed by atoms with Gasteiger partial charge in [0.25, 0.3) is 0 Å². The number of hydrogen-bond acceptors (Lipinski definition) is 3. The zero-order valence-corrected chi connectivity index (χ0v) is 16.0. The molecule has 2 amide bonds.